The second-order valence-electron chi connectivity index (χ2n) is 5.05. The fourth-order valence-corrected chi connectivity index (χ4v) is 2.70. The molecule has 0 bridgehead atoms. The van der Waals surface area contributed by atoms with Gasteiger partial charge in [0.05, 0.1) is 0 Å². The Hall–Kier alpha value is -1.22. The highest BCUT2D eigenvalue weighted by Gasteiger charge is 2.39. The number of nitrogens with one attached hydrogen (secondary N) is 1. The average Bonchev–Trinajstić information content (AvgIpc) is 3.07. The molecule has 92 valence electrons. The maximum absolute atomic E-state index is 5.63. The Bertz CT molecular complexity index is 419. The monoisotopic (exact) mass is 233 g/mol. The summed E-state index contributed by atoms with van der Waals surface area (Å²) in [5, 5.41) is 3.42. The van der Waals surface area contributed by atoms with Crippen LogP contribution in [0.1, 0.15) is 24.9 Å². The molecule has 3 atom stereocenters. The molecule has 1 N–H and O–H groups in total. The van der Waals surface area contributed by atoms with E-state index in [9.17, 15) is 0 Å². The summed E-state index contributed by atoms with van der Waals surface area (Å²) in [5.41, 5.74) is 1.31. The standard InChI is InChI=1S/C14H19NO2/c1-9-7-11(9)14(15-2)10-3-4-12-13(8-10)17-6-5-16-12/h3-4,8-9,11,14-15H,5-7H2,1-2H3. The Balaban J connectivity index is 1.86. The molecule has 0 spiro atoms. The molecule has 0 aromatic heterocycles. The van der Waals surface area contributed by atoms with Crippen LogP contribution in [0.5, 0.6) is 11.5 Å². The molecule has 1 fully saturated rings. The predicted molar refractivity (Wildman–Crippen MR) is 66.5 cm³/mol. The number of rotatable bonds is 3. The molecule has 3 nitrogen and oxygen atoms in total. The third-order valence-electron chi connectivity index (χ3n) is 3.84. The topological polar surface area (TPSA) is 30.5 Å². The van der Waals surface area contributed by atoms with Crippen molar-refractivity contribution < 1.29 is 9.47 Å². The van der Waals surface area contributed by atoms with Crippen LogP contribution in [-0.4, -0.2) is 20.3 Å². The van der Waals surface area contributed by atoms with Crippen LogP contribution < -0.4 is 14.8 Å². The first kappa shape index (κ1) is 10.9. The molecule has 0 radical (unpaired) electrons. The van der Waals surface area contributed by atoms with Crippen molar-refractivity contribution in [2.24, 2.45) is 11.8 Å². The number of hydrogen-bond donors (Lipinski definition) is 1. The summed E-state index contributed by atoms with van der Waals surface area (Å²) in [6.45, 7) is 3.62. The first-order valence-corrected chi connectivity index (χ1v) is 6.36. The van der Waals surface area contributed by atoms with Crippen molar-refractivity contribution in [3.63, 3.8) is 0 Å². The van der Waals surface area contributed by atoms with E-state index in [-0.39, 0.29) is 0 Å². The largest absolute Gasteiger partial charge is 0.486 e. The van der Waals surface area contributed by atoms with E-state index < -0.39 is 0 Å². The van der Waals surface area contributed by atoms with Crippen LogP contribution in [0, 0.1) is 11.8 Å². The van der Waals surface area contributed by atoms with Gasteiger partial charge < -0.3 is 14.8 Å². The van der Waals surface area contributed by atoms with Crippen molar-refractivity contribution in [3.8, 4) is 11.5 Å². The third-order valence-corrected chi connectivity index (χ3v) is 3.84. The number of benzene rings is 1. The summed E-state index contributed by atoms with van der Waals surface area (Å²) in [7, 11) is 2.03. The van der Waals surface area contributed by atoms with Gasteiger partial charge in [0, 0.05) is 6.04 Å². The maximum atomic E-state index is 5.63. The Morgan fingerprint density at radius 1 is 1.24 bits per heavy atom. The summed E-state index contributed by atoms with van der Waals surface area (Å²) in [5.74, 6) is 3.37. The van der Waals surface area contributed by atoms with Crippen LogP contribution in [0.2, 0.25) is 0 Å². The number of ether oxygens (including phenoxy) is 2. The normalized spacial score (nSPS) is 27.6. The summed E-state index contributed by atoms with van der Waals surface area (Å²) < 4.78 is 11.2. The average molecular weight is 233 g/mol. The molecule has 17 heavy (non-hydrogen) atoms. The lowest BCUT2D eigenvalue weighted by atomic mass is 10.0. The molecule has 0 saturated heterocycles. The lowest BCUT2D eigenvalue weighted by Gasteiger charge is -2.22. The maximum Gasteiger partial charge on any atom is 0.161 e. The first-order valence-electron chi connectivity index (χ1n) is 6.36. The number of hydrogen-bond acceptors (Lipinski definition) is 3. The summed E-state index contributed by atoms with van der Waals surface area (Å²) in [6.07, 6.45) is 1.32. The SMILES string of the molecule is CNC(c1ccc2c(c1)OCCO2)C1CC1C. The van der Waals surface area contributed by atoms with Gasteiger partial charge in [-0.05, 0) is 43.0 Å². The molecule has 3 unspecified atom stereocenters. The Labute approximate surface area is 102 Å². The van der Waals surface area contributed by atoms with Crippen LogP contribution in [0.3, 0.4) is 0 Å². The Morgan fingerprint density at radius 2 is 1.94 bits per heavy atom. The van der Waals surface area contributed by atoms with Gasteiger partial charge in [-0.1, -0.05) is 13.0 Å². The lowest BCUT2D eigenvalue weighted by molar-refractivity contribution is 0.171. The van der Waals surface area contributed by atoms with Gasteiger partial charge in [-0.2, -0.15) is 0 Å². The van der Waals surface area contributed by atoms with Crippen molar-refractivity contribution in [1.82, 2.24) is 5.32 Å². The van der Waals surface area contributed by atoms with Crippen molar-refractivity contribution in [1.29, 1.82) is 0 Å². The minimum absolute atomic E-state index is 0.445. The van der Waals surface area contributed by atoms with E-state index in [0.717, 1.165) is 23.3 Å². The van der Waals surface area contributed by atoms with E-state index >= 15 is 0 Å². The molecule has 1 aliphatic heterocycles. The minimum atomic E-state index is 0.445. The highest BCUT2D eigenvalue weighted by atomic mass is 16.6. The van der Waals surface area contributed by atoms with Gasteiger partial charge in [-0.15, -0.1) is 0 Å². The quantitative estimate of drug-likeness (QED) is 0.869. The molecule has 1 aliphatic carbocycles. The van der Waals surface area contributed by atoms with Gasteiger partial charge in [0.1, 0.15) is 13.2 Å². The Morgan fingerprint density at radius 3 is 2.59 bits per heavy atom. The molecule has 1 heterocycles. The van der Waals surface area contributed by atoms with Crippen molar-refractivity contribution in [2.75, 3.05) is 20.3 Å². The minimum Gasteiger partial charge on any atom is -0.486 e. The van der Waals surface area contributed by atoms with E-state index in [1.807, 2.05) is 13.1 Å². The highest BCUT2D eigenvalue weighted by Crippen LogP contribution is 2.47. The molecule has 3 rings (SSSR count). The van der Waals surface area contributed by atoms with Crippen molar-refractivity contribution in [3.05, 3.63) is 23.8 Å². The second-order valence-corrected chi connectivity index (χ2v) is 5.05. The van der Waals surface area contributed by atoms with E-state index in [4.69, 9.17) is 9.47 Å². The summed E-state index contributed by atoms with van der Waals surface area (Å²) in [4.78, 5) is 0. The van der Waals surface area contributed by atoms with Crippen molar-refractivity contribution >= 4 is 0 Å². The summed E-state index contributed by atoms with van der Waals surface area (Å²) in [6, 6.07) is 6.75. The second kappa shape index (κ2) is 4.22. The molecular formula is C14H19NO2. The lowest BCUT2D eigenvalue weighted by Crippen LogP contribution is -2.20. The molecule has 1 aromatic rings. The van der Waals surface area contributed by atoms with E-state index in [2.05, 4.69) is 24.4 Å². The van der Waals surface area contributed by atoms with Crippen LogP contribution in [0.15, 0.2) is 18.2 Å². The highest BCUT2D eigenvalue weighted by molar-refractivity contribution is 5.45. The van der Waals surface area contributed by atoms with E-state index in [0.29, 0.717) is 19.3 Å². The van der Waals surface area contributed by atoms with Gasteiger partial charge >= 0.3 is 0 Å². The Kier molecular flexibility index (Phi) is 2.71. The van der Waals surface area contributed by atoms with Gasteiger partial charge in [0.25, 0.3) is 0 Å². The fourth-order valence-electron chi connectivity index (χ4n) is 2.70. The van der Waals surface area contributed by atoms with E-state index in [1.54, 1.807) is 0 Å². The molecule has 3 heteroatoms. The smallest absolute Gasteiger partial charge is 0.161 e. The predicted octanol–water partition coefficient (Wildman–Crippen LogP) is 2.37. The zero-order valence-corrected chi connectivity index (χ0v) is 10.4. The van der Waals surface area contributed by atoms with Gasteiger partial charge in [-0.25, -0.2) is 0 Å². The third kappa shape index (κ3) is 2.00. The van der Waals surface area contributed by atoms with Crippen LogP contribution in [-0.2, 0) is 0 Å². The molecule has 1 aromatic carbocycles. The van der Waals surface area contributed by atoms with Crippen LogP contribution in [0.25, 0.3) is 0 Å². The van der Waals surface area contributed by atoms with Crippen LogP contribution >= 0.6 is 0 Å². The number of fused-ring (bicyclic) bond motifs is 1. The van der Waals surface area contributed by atoms with Gasteiger partial charge in [0.2, 0.25) is 0 Å². The van der Waals surface area contributed by atoms with Crippen molar-refractivity contribution in [2.45, 2.75) is 19.4 Å². The first-order chi connectivity index (χ1) is 8.29. The summed E-state index contributed by atoms with van der Waals surface area (Å²) >= 11 is 0. The fraction of sp³-hybridized carbons (Fsp3) is 0.571. The molecule has 1 saturated carbocycles. The zero-order chi connectivity index (χ0) is 11.8. The van der Waals surface area contributed by atoms with E-state index in [1.165, 1.54) is 12.0 Å². The van der Waals surface area contributed by atoms with Crippen LogP contribution in [0.4, 0.5) is 0 Å². The molecule has 2 aliphatic rings. The molecule has 0 amide bonds. The van der Waals surface area contributed by atoms with Gasteiger partial charge in [0.15, 0.2) is 11.5 Å². The van der Waals surface area contributed by atoms with Gasteiger partial charge in [-0.3, -0.25) is 0 Å². The zero-order valence-electron chi connectivity index (χ0n) is 10.4. The molecular weight excluding hydrogens is 214 g/mol.